The zero-order chi connectivity index (χ0) is 36.0. The first-order valence-electron chi connectivity index (χ1n) is 20.7. The molecule has 9 heteroatoms. The third-order valence-corrected chi connectivity index (χ3v) is 15.8. The van der Waals surface area contributed by atoms with E-state index in [9.17, 15) is 9.59 Å². The highest BCUT2D eigenvalue weighted by molar-refractivity contribution is 8.00. The van der Waals surface area contributed by atoms with Crippen LogP contribution in [-0.4, -0.2) is 70.3 Å². The van der Waals surface area contributed by atoms with Crippen LogP contribution in [0, 0.1) is 11.3 Å². The van der Waals surface area contributed by atoms with Gasteiger partial charge in [0, 0.05) is 47.8 Å². The summed E-state index contributed by atoms with van der Waals surface area (Å²) in [4.78, 5) is 28.4. The maximum Gasteiger partial charge on any atom is 0.315 e. The molecule has 8 nitrogen and oxygen atoms in total. The zero-order valence-corrected chi connectivity index (χ0v) is 32.2. The van der Waals surface area contributed by atoms with Gasteiger partial charge in [-0.1, -0.05) is 62.6 Å². The Morgan fingerprint density at radius 1 is 1.02 bits per heavy atom. The van der Waals surface area contributed by atoms with Gasteiger partial charge in [0.1, 0.15) is 0 Å². The van der Waals surface area contributed by atoms with Crippen LogP contribution >= 0.6 is 11.8 Å². The van der Waals surface area contributed by atoms with Crippen LogP contribution in [0.1, 0.15) is 108 Å². The number of carbonyl (C=O) groups excluding carboxylic acids is 2. The van der Waals surface area contributed by atoms with E-state index in [0.29, 0.717) is 29.5 Å². The molecule has 3 amide bonds. The molecule has 2 bridgehead atoms. The molecule has 9 atom stereocenters. The van der Waals surface area contributed by atoms with Gasteiger partial charge in [-0.2, -0.15) is 11.8 Å². The summed E-state index contributed by atoms with van der Waals surface area (Å²) in [5, 5.41) is 16.0. The Bertz CT molecular complexity index is 1830. The number of ether oxygens (including phenoxy) is 1. The molecule has 4 N–H and O–H groups in total. The molecule has 4 aliphatic heterocycles. The first-order valence-corrected chi connectivity index (χ1v) is 21.7. The number of nitrogens with zero attached hydrogens (tertiary/aromatic N) is 1. The van der Waals surface area contributed by atoms with Crippen LogP contribution in [0.25, 0.3) is 10.8 Å². The quantitative estimate of drug-likeness (QED) is 0.118. The number of amides is 3. The average molecular weight is 736 g/mol. The number of unbranched alkanes of at least 4 members (excludes halogenated alkanes) is 4. The smallest absolute Gasteiger partial charge is 0.315 e. The first kappa shape index (κ1) is 35.6. The van der Waals surface area contributed by atoms with Gasteiger partial charge in [0.2, 0.25) is 5.91 Å². The number of hydrogen-bond acceptors (Lipinski definition) is 6. The van der Waals surface area contributed by atoms with Crippen molar-refractivity contribution in [3.05, 3.63) is 77.7 Å². The summed E-state index contributed by atoms with van der Waals surface area (Å²) in [7, 11) is 0. The maximum absolute atomic E-state index is 12.4. The van der Waals surface area contributed by atoms with E-state index in [4.69, 9.17) is 4.74 Å². The number of carbonyl (C=O) groups is 2. The highest BCUT2D eigenvalue weighted by Crippen LogP contribution is 2.69. The molecule has 3 aliphatic carbocycles. The molecule has 1 aromatic heterocycles. The number of benzene rings is 1. The lowest BCUT2D eigenvalue weighted by molar-refractivity contribution is -0.129. The summed E-state index contributed by atoms with van der Waals surface area (Å²) in [6, 6.07) is 10.0. The van der Waals surface area contributed by atoms with E-state index in [-0.39, 0.29) is 40.6 Å². The van der Waals surface area contributed by atoms with Crippen LogP contribution in [0.2, 0.25) is 0 Å². The fourth-order valence-electron chi connectivity index (χ4n) is 11.6. The van der Waals surface area contributed by atoms with Gasteiger partial charge in [-0.05, 0) is 122 Å². The Morgan fingerprint density at radius 3 is 2.85 bits per heavy atom. The minimum atomic E-state index is -0.170. The number of nitrogens with one attached hydrogen (secondary N) is 4. The average Bonchev–Trinajstić information content (AvgIpc) is 3.91. The summed E-state index contributed by atoms with van der Waals surface area (Å²) in [6.07, 6.45) is 28.6. The van der Waals surface area contributed by atoms with Crippen LogP contribution in [0.5, 0.6) is 0 Å². The molecule has 1 saturated carbocycles. The van der Waals surface area contributed by atoms with Crippen LogP contribution < -0.4 is 21.3 Å². The molecule has 282 valence electrons. The molecule has 53 heavy (non-hydrogen) atoms. The Kier molecular flexibility index (Phi) is 9.73. The van der Waals surface area contributed by atoms with Crippen molar-refractivity contribution in [2.45, 2.75) is 137 Å². The van der Waals surface area contributed by atoms with Crippen molar-refractivity contribution in [3.63, 3.8) is 0 Å². The fraction of sp³-hybridized carbons (Fsp3) is 0.614. The summed E-state index contributed by atoms with van der Waals surface area (Å²) in [6.45, 7) is 4.34. The number of urea groups is 1. The second-order valence-electron chi connectivity index (χ2n) is 17.4. The molecular formula is C44H57N5O3S. The third kappa shape index (κ3) is 6.56. The van der Waals surface area contributed by atoms with E-state index < -0.39 is 0 Å². The van der Waals surface area contributed by atoms with E-state index in [1.165, 1.54) is 46.7 Å². The molecule has 3 saturated heterocycles. The lowest BCUT2D eigenvalue weighted by Gasteiger charge is -2.53. The maximum atomic E-state index is 12.4. The van der Waals surface area contributed by atoms with E-state index in [2.05, 4.69) is 81.7 Å². The normalized spacial score (nSPS) is 36.2. The minimum Gasteiger partial charge on any atom is -0.359 e. The molecule has 1 aromatic carbocycles. The predicted molar refractivity (Wildman–Crippen MR) is 213 cm³/mol. The Balaban J connectivity index is 0.703. The minimum absolute atomic E-state index is 0.0310. The van der Waals surface area contributed by atoms with Crippen LogP contribution in [0.4, 0.5) is 4.79 Å². The molecule has 2 aromatic rings. The van der Waals surface area contributed by atoms with Gasteiger partial charge in [-0.15, -0.1) is 0 Å². The van der Waals surface area contributed by atoms with E-state index in [1.807, 2.05) is 24.2 Å². The lowest BCUT2D eigenvalue weighted by Crippen LogP contribution is -2.54. The van der Waals surface area contributed by atoms with Gasteiger partial charge in [0.15, 0.2) is 0 Å². The number of thioether (sulfide) groups is 1. The molecule has 1 unspecified atom stereocenters. The van der Waals surface area contributed by atoms with Crippen molar-refractivity contribution >= 4 is 34.5 Å². The van der Waals surface area contributed by atoms with Gasteiger partial charge >= 0.3 is 6.03 Å². The molecule has 9 rings (SSSR count). The second-order valence-corrected chi connectivity index (χ2v) is 18.6. The lowest BCUT2D eigenvalue weighted by atomic mass is 9.58. The van der Waals surface area contributed by atoms with Gasteiger partial charge in [-0.25, -0.2) is 4.79 Å². The van der Waals surface area contributed by atoms with E-state index in [0.717, 1.165) is 83.1 Å². The number of allylic oxidation sites excluding steroid dienone is 1. The number of fused-ring (bicyclic) bond motifs is 3. The largest absolute Gasteiger partial charge is 0.359 e. The van der Waals surface area contributed by atoms with Crippen molar-refractivity contribution in [1.82, 2.24) is 26.3 Å². The van der Waals surface area contributed by atoms with E-state index >= 15 is 0 Å². The summed E-state index contributed by atoms with van der Waals surface area (Å²) in [5.74, 6) is 2.23. The number of hydrogen-bond donors (Lipinski definition) is 4. The number of rotatable bonds is 14. The highest BCUT2D eigenvalue weighted by Gasteiger charge is 2.66. The van der Waals surface area contributed by atoms with Gasteiger partial charge < -0.3 is 26.0 Å². The van der Waals surface area contributed by atoms with Crippen LogP contribution in [-0.2, 0) is 9.53 Å². The highest BCUT2D eigenvalue weighted by atomic mass is 32.2. The summed E-state index contributed by atoms with van der Waals surface area (Å²) >= 11 is 1.94. The second kappa shape index (κ2) is 14.5. The topological polar surface area (TPSA) is 104 Å². The van der Waals surface area contributed by atoms with E-state index in [1.54, 1.807) is 0 Å². The standard InChI is InChI=1S/C44H57N5O3S/c1-42-18-16-33-25-32-12-13-34(46-21-6-2-3-7-22-47-39(50)9-5-4-8-37-40-36(28-53-37)48-41(51)49-40)26-43(32)19-20-44(33,52-43)38(42)15-14-35(42)30-11-10-29-17-23-45-27-31(29)24-30/h10-13,16-17,23-25,27,34-38,40,46H,2-9,14-15,18-22,26,28H2,1H3,(H,47,50)(H2,48,49,51)/t34-,35-,36+,37+,38-,40?,42-,43-,44-/m1/s1. The Morgan fingerprint density at radius 2 is 1.92 bits per heavy atom. The van der Waals surface area contributed by atoms with Crippen molar-refractivity contribution in [2.24, 2.45) is 11.3 Å². The fourth-order valence-corrected chi connectivity index (χ4v) is 13.1. The monoisotopic (exact) mass is 735 g/mol. The summed E-state index contributed by atoms with van der Waals surface area (Å²) in [5.41, 5.74) is 4.18. The molecule has 7 aliphatic rings. The number of pyridine rings is 1. The molecule has 5 heterocycles. The van der Waals surface area contributed by atoms with Crippen LogP contribution in [0.15, 0.2) is 72.1 Å². The number of aromatic nitrogens is 1. The third-order valence-electron chi connectivity index (χ3n) is 14.3. The van der Waals surface area contributed by atoms with Gasteiger partial charge in [0.25, 0.3) is 0 Å². The SMILES string of the molecule is C[C@]12CC=C3C=C4C=C[C@@H](NCCCCCCNC(=O)CCCC[C@@H]5SC[C@@H]6NC(=O)NC65)C[C@]45CC[C@]3(O5)[C@@H]1CC[C@@H]2c1ccc2ccncc2c1. The van der Waals surface area contributed by atoms with Crippen molar-refractivity contribution < 1.29 is 14.3 Å². The predicted octanol–water partition coefficient (Wildman–Crippen LogP) is 7.61. The molecule has 0 radical (unpaired) electrons. The first-order chi connectivity index (χ1) is 25.9. The summed E-state index contributed by atoms with van der Waals surface area (Å²) < 4.78 is 7.52. The van der Waals surface area contributed by atoms with Crippen molar-refractivity contribution in [3.8, 4) is 0 Å². The molecule has 2 spiro atoms. The molecule has 4 fully saturated rings. The Labute approximate surface area is 319 Å². The van der Waals surface area contributed by atoms with Gasteiger partial charge in [-0.3, -0.25) is 9.78 Å². The van der Waals surface area contributed by atoms with Crippen molar-refractivity contribution in [2.75, 3.05) is 18.8 Å². The van der Waals surface area contributed by atoms with Crippen molar-refractivity contribution in [1.29, 1.82) is 0 Å². The molecular weight excluding hydrogens is 679 g/mol. The zero-order valence-electron chi connectivity index (χ0n) is 31.3. The van der Waals surface area contributed by atoms with Crippen LogP contribution in [0.3, 0.4) is 0 Å². The Hall–Kier alpha value is -3.14. The van der Waals surface area contributed by atoms with Gasteiger partial charge in [0.05, 0.1) is 23.3 Å².